The molecule has 0 aromatic heterocycles. The van der Waals surface area contributed by atoms with E-state index in [2.05, 4.69) is 20.8 Å². The van der Waals surface area contributed by atoms with Gasteiger partial charge in [-0.2, -0.15) is 5.26 Å². The third kappa shape index (κ3) is 3.56. The van der Waals surface area contributed by atoms with Crippen LogP contribution >= 0.6 is 0 Å². The summed E-state index contributed by atoms with van der Waals surface area (Å²) in [6.45, 7) is 6.53. The van der Waals surface area contributed by atoms with Crippen LogP contribution < -0.4 is 9.47 Å². The summed E-state index contributed by atoms with van der Waals surface area (Å²) in [5.41, 5.74) is 2.47. The summed E-state index contributed by atoms with van der Waals surface area (Å²) in [6.07, 6.45) is 1.57. The summed E-state index contributed by atoms with van der Waals surface area (Å²) in [7, 11) is 0. The SMILES string of the molecule is CC(C)(C)c1ccc(C(=O)/C(C#N)=C\c2ccc3c(c2)OCO3)cc1. The minimum absolute atomic E-state index is 0.0158. The highest BCUT2D eigenvalue weighted by atomic mass is 16.7. The number of hydrogen-bond donors (Lipinski definition) is 0. The molecule has 0 saturated carbocycles. The van der Waals surface area contributed by atoms with E-state index in [1.165, 1.54) is 0 Å². The van der Waals surface area contributed by atoms with Crippen molar-refractivity contribution >= 4 is 11.9 Å². The van der Waals surface area contributed by atoms with Crippen LogP contribution in [0.5, 0.6) is 11.5 Å². The van der Waals surface area contributed by atoms with Gasteiger partial charge in [0.15, 0.2) is 11.5 Å². The van der Waals surface area contributed by atoms with Crippen molar-refractivity contribution in [2.45, 2.75) is 26.2 Å². The lowest BCUT2D eigenvalue weighted by Crippen LogP contribution is -2.11. The number of nitriles is 1. The van der Waals surface area contributed by atoms with Gasteiger partial charge in [-0.15, -0.1) is 0 Å². The molecule has 4 heteroatoms. The zero-order chi connectivity index (χ0) is 18.0. The lowest BCUT2D eigenvalue weighted by Gasteiger charge is -2.18. The monoisotopic (exact) mass is 333 g/mol. The Hall–Kier alpha value is -3.06. The number of hydrogen-bond acceptors (Lipinski definition) is 4. The number of allylic oxidation sites excluding steroid dienone is 1. The number of carbonyl (C=O) groups is 1. The van der Waals surface area contributed by atoms with E-state index in [1.54, 1.807) is 36.4 Å². The smallest absolute Gasteiger partial charge is 0.231 e. The summed E-state index contributed by atoms with van der Waals surface area (Å²) in [5, 5.41) is 9.40. The molecule has 1 heterocycles. The Morgan fingerprint density at radius 1 is 1.08 bits per heavy atom. The zero-order valence-corrected chi connectivity index (χ0v) is 14.5. The van der Waals surface area contributed by atoms with Crippen molar-refractivity contribution in [2.24, 2.45) is 0 Å². The third-order valence-corrected chi connectivity index (χ3v) is 4.09. The maximum Gasteiger partial charge on any atom is 0.231 e. The van der Waals surface area contributed by atoms with Gasteiger partial charge in [0.2, 0.25) is 12.6 Å². The fraction of sp³-hybridized carbons (Fsp3) is 0.238. The summed E-state index contributed by atoms with van der Waals surface area (Å²) in [6, 6.07) is 14.7. The predicted octanol–water partition coefficient (Wildman–Crippen LogP) is 4.50. The van der Waals surface area contributed by atoms with E-state index in [0.717, 1.165) is 11.1 Å². The first-order valence-electron chi connectivity index (χ1n) is 8.05. The fourth-order valence-corrected chi connectivity index (χ4v) is 2.60. The van der Waals surface area contributed by atoms with Crippen molar-refractivity contribution in [3.05, 3.63) is 64.7 Å². The number of nitrogens with zero attached hydrogens (tertiary/aromatic N) is 1. The first kappa shape index (κ1) is 16.8. The quantitative estimate of drug-likeness (QED) is 0.471. The van der Waals surface area contributed by atoms with Crippen LogP contribution in [0.15, 0.2) is 48.0 Å². The van der Waals surface area contributed by atoms with Crippen LogP contribution in [0.2, 0.25) is 0 Å². The van der Waals surface area contributed by atoms with Crippen molar-refractivity contribution in [3.63, 3.8) is 0 Å². The molecule has 0 fully saturated rings. The molecule has 4 nitrogen and oxygen atoms in total. The highest BCUT2D eigenvalue weighted by Crippen LogP contribution is 2.33. The molecule has 3 rings (SSSR count). The van der Waals surface area contributed by atoms with Crippen LogP contribution in [-0.2, 0) is 5.41 Å². The van der Waals surface area contributed by atoms with Crippen LogP contribution in [0, 0.1) is 11.3 Å². The predicted molar refractivity (Wildman–Crippen MR) is 95.6 cm³/mol. The van der Waals surface area contributed by atoms with Crippen LogP contribution in [0.3, 0.4) is 0 Å². The Balaban J connectivity index is 1.88. The van der Waals surface area contributed by atoms with Gasteiger partial charge in [-0.05, 0) is 34.8 Å². The number of benzene rings is 2. The number of ether oxygens (including phenoxy) is 2. The van der Waals surface area contributed by atoms with E-state index in [1.807, 2.05) is 18.2 Å². The molecular formula is C21H19NO3. The van der Waals surface area contributed by atoms with E-state index in [4.69, 9.17) is 9.47 Å². The molecule has 1 aliphatic rings. The fourth-order valence-electron chi connectivity index (χ4n) is 2.60. The topological polar surface area (TPSA) is 59.3 Å². The van der Waals surface area contributed by atoms with Gasteiger partial charge in [0.1, 0.15) is 11.6 Å². The second-order valence-corrected chi connectivity index (χ2v) is 6.94. The molecule has 126 valence electrons. The number of ketones is 1. The van der Waals surface area contributed by atoms with E-state index < -0.39 is 0 Å². The molecule has 0 N–H and O–H groups in total. The molecular weight excluding hydrogens is 314 g/mol. The van der Waals surface area contributed by atoms with E-state index in [-0.39, 0.29) is 23.6 Å². The molecule has 0 bridgehead atoms. The standard InChI is InChI=1S/C21H19NO3/c1-21(2,3)17-7-5-15(6-8-17)20(23)16(12-22)10-14-4-9-18-19(11-14)25-13-24-18/h4-11H,13H2,1-3H3/b16-10-. The summed E-state index contributed by atoms with van der Waals surface area (Å²) >= 11 is 0. The first-order chi connectivity index (χ1) is 11.9. The molecule has 0 atom stereocenters. The Bertz CT molecular complexity index is 881. The average Bonchev–Trinajstić information content (AvgIpc) is 3.06. The zero-order valence-electron chi connectivity index (χ0n) is 14.5. The van der Waals surface area contributed by atoms with E-state index >= 15 is 0 Å². The largest absolute Gasteiger partial charge is 0.454 e. The molecule has 0 amide bonds. The van der Waals surface area contributed by atoms with Gasteiger partial charge in [-0.1, -0.05) is 51.1 Å². The Kier molecular flexibility index (Phi) is 4.33. The molecule has 2 aromatic carbocycles. The van der Waals surface area contributed by atoms with Crippen LogP contribution in [0.1, 0.15) is 42.3 Å². The molecule has 2 aromatic rings. The second-order valence-electron chi connectivity index (χ2n) is 6.94. The highest BCUT2D eigenvalue weighted by molar-refractivity contribution is 6.14. The third-order valence-electron chi connectivity index (χ3n) is 4.09. The van der Waals surface area contributed by atoms with Gasteiger partial charge in [-0.3, -0.25) is 4.79 Å². The van der Waals surface area contributed by atoms with Crippen LogP contribution in [-0.4, -0.2) is 12.6 Å². The minimum atomic E-state index is -0.291. The normalized spacial score (nSPS) is 13.4. The van der Waals surface area contributed by atoms with Crippen LogP contribution in [0.25, 0.3) is 6.08 Å². The molecule has 0 radical (unpaired) electrons. The van der Waals surface area contributed by atoms with Gasteiger partial charge in [0.05, 0.1) is 0 Å². The Labute approximate surface area is 147 Å². The molecule has 0 spiro atoms. The molecule has 25 heavy (non-hydrogen) atoms. The number of fused-ring (bicyclic) bond motifs is 1. The molecule has 0 aliphatic carbocycles. The molecule has 0 saturated heterocycles. The number of Topliss-reactive ketones (excluding diaryl/α,β-unsaturated/α-hetero) is 1. The van der Waals surface area contributed by atoms with Gasteiger partial charge in [0, 0.05) is 5.56 Å². The first-order valence-corrected chi connectivity index (χ1v) is 8.05. The van der Waals surface area contributed by atoms with Gasteiger partial charge < -0.3 is 9.47 Å². The van der Waals surface area contributed by atoms with Crippen molar-refractivity contribution in [2.75, 3.05) is 6.79 Å². The number of carbonyl (C=O) groups excluding carboxylic acids is 1. The molecule has 1 aliphatic heterocycles. The highest BCUT2D eigenvalue weighted by Gasteiger charge is 2.17. The van der Waals surface area contributed by atoms with Gasteiger partial charge in [-0.25, -0.2) is 0 Å². The van der Waals surface area contributed by atoms with Crippen molar-refractivity contribution in [1.29, 1.82) is 5.26 Å². The summed E-state index contributed by atoms with van der Waals surface area (Å²) in [4.78, 5) is 12.6. The van der Waals surface area contributed by atoms with Crippen molar-refractivity contribution < 1.29 is 14.3 Å². The minimum Gasteiger partial charge on any atom is -0.454 e. The van der Waals surface area contributed by atoms with E-state index in [0.29, 0.717) is 17.1 Å². The Morgan fingerprint density at radius 2 is 1.76 bits per heavy atom. The van der Waals surface area contributed by atoms with Gasteiger partial charge in [0.25, 0.3) is 0 Å². The average molecular weight is 333 g/mol. The maximum atomic E-state index is 12.6. The maximum absolute atomic E-state index is 12.6. The van der Waals surface area contributed by atoms with Crippen molar-refractivity contribution in [1.82, 2.24) is 0 Å². The number of rotatable bonds is 3. The summed E-state index contributed by atoms with van der Waals surface area (Å²) in [5.74, 6) is 0.994. The van der Waals surface area contributed by atoms with Gasteiger partial charge >= 0.3 is 0 Å². The van der Waals surface area contributed by atoms with Crippen molar-refractivity contribution in [3.8, 4) is 17.6 Å². The van der Waals surface area contributed by atoms with Crippen LogP contribution in [0.4, 0.5) is 0 Å². The second kappa shape index (κ2) is 6.45. The lowest BCUT2D eigenvalue weighted by atomic mass is 9.86. The lowest BCUT2D eigenvalue weighted by molar-refractivity contribution is 0.104. The Morgan fingerprint density at radius 3 is 2.40 bits per heavy atom. The van der Waals surface area contributed by atoms with E-state index in [9.17, 15) is 10.1 Å². The summed E-state index contributed by atoms with van der Waals surface area (Å²) < 4.78 is 10.6. The molecule has 0 unspecified atom stereocenters.